The van der Waals surface area contributed by atoms with Gasteiger partial charge in [0, 0.05) is 17.6 Å². The van der Waals surface area contributed by atoms with Gasteiger partial charge in [-0.25, -0.2) is 0 Å². The van der Waals surface area contributed by atoms with Crippen molar-refractivity contribution in [1.29, 1.82) is 0 Å². The van der Waals surface area contributed by atoms with Crippen LogP contribution in [0.1, 0.15) is 23.9 Å². The van der Waals surface area contributed by atoms with E-state index in [0.717, 1.165) is 27.7 Å². The number of aromatic nitrogens is 5. The molecule has 27 heavy (non-hydrogen) atoms. The fourth-order valence-electron chi connectivity index (χ4n) is 2.83. The number of aryl methyl sites for hydroxylation is 2. The van der Waals surface area contributed by atoms with Gasteiger partial charge in [-0.3, -0.25) is 9.20 Å². The van der Waals surface area contributed by atoms with Crippen LogP contribution in [0.5, 0.6) is 0 Å². The van der Waals surface area contributed by atoms with E-state index in [2.05, 4.69) is 44.8 Å². The number of pyridine rings is 1. The molecule has 3 heterocycles. The molecule has 0 saturated carbocycles. The quantitative estimate of drug-likeness (QED) is 0.498. The van der Waals surface area contributed by atoms with E-state index in [-0.39, 0.29) is 5.91 Å². The third kappa shape index (κ3) is 3.65. The number of hydrogen-bond acceptors (Lipinski definition) is 7. The average Bonchev–Trinajstić information content (AvgIpc) is 3.29. The van der Waals surface area contributed by atoms with Gasteiger partial charge in [0.2, 0.25) is 11.0 Å². The molecule has 4 rings (SSSR count). The van der Waals surface area contributed by atoms with Crippen molar-refractivity contribution in [2.45, 2.75) is 31.8 Å². The maximum absolute atomic E-state index is 12.1. The first-order valence-electron chi connectivity index (χ1n) is 8.64. The van der Waals surface area contributed by atoms with Crippen LogP contribution in [0.15, 0.2) is 35.5 Å². The monoisotopic (exact) mass is 398 g/mol. The highest BCUT2D eigenvalue weighted by molar-refractivity contribution is 7.99. The summed E-state index contributed by atoms with van der Waals surface area (Å²) in [4.78, 5) is 12.1. The van der Waals surface area contributed by atoms with Crippen molar-refractivity contribution in [3.63, 3.8) is 0 Å². The molecule has 1 N–H and O–H groups in total. The van der Waals surface area contributed by atoms with Crippen molar-refractivity contribution in [2.75, 3.05) is 11.1 Å². The zero-order valence-electron chi connectivity index (χ0n) is 15.0. The van der Waals surface area contributed by atoms with Gasteiger partial charge in [-0.1, -0.05) is 48.2 Å². The van der Waals surface area contributed by atoms with Gasteiger partial charge in [0.1, 0.15) is 5.01 Å². The highest BCUT2D eigenvalue weighted by Crippen LogP contribution is 2.26. The number of thioether (sulfide) groups is 1. The summed E-state index contributed by atoms with van der Waals surface area (Å²) in [6.45, 7) is 4.09. The van der Waals surface area contributed by atoms with Crippen LogP contribution in [0.2, 0.25) is 0 Å². The van der Waals surface area contributed by atoms with Crippen LogP contribution in [0.4, 0.5) is 5.13 Å². The van der Waals surface area contributed by atoms with Crippen molar-refractivity contribution in [1.82, 2.24) is 24.8 Å². The molecule has 0 bridgehead atoms. The number of carbonyl (C=O) groups excluding carboxylic acids is 1. The van der Waals surface area contributed by atoms with Gasteiger partial charge in [-0.05, 0) is 31.0 Å². The second-order valence-electron chi connectivity index (χ2n) is 6.02. The van der Waals surface area contributed by atoms with E-state index in [9.17, 15) is 4.79 Å². The molecule has 0 atom stereocenters. The van der Waals surface area contributed by atoms with Crippen LogP contribution in [0.25, 0.3) is 16.6 Å². The highest BCUT2D eigenvalue weighted by atomic mass is 32.2. The number of amides is 1. The van der Waals surface area contributed by atoms with Crippen molar-refractivity contribution in [3.05, 3.63) is 40.9 Å². The highest BCUT2D eigenvalue weighted by Gasteiger charge is 2.13. The molecular formula is C18H18N6OS2. The first kappa shape index (κ1) is 17.9. The van der Waals surface area contributed by atoms with E-state index in [1.807, 2.05) is 29.5 Å². The number of carbonyl (C=O) groups is 1. The van der Waals surface area contributed by atoms with Crippen LogP contribution < -0.4 is 5.32 Å². The Labute approximate surface area is 164 Å². The minimum atomic E-state index is -0.0733. The zero-order valence-corrected chi connectivity index (χ0v) is 16.6. The third-order valence-corrected chi connectivity index (χ3v) is 6.06. The van der Waals surface area contributed by atoms with E-state index in [1.165, 1.54) is 34.0 Å². The first-order valence-corrected chi connectivity index (χ1v) is 10.4. The predicted molar refractivity (Wildman–Crippen MR) is 108 cm³/mol. The molecule has 0 aliphatic rings. The summed E-state index contributed by atoms with van der Waals surface area (Å²) in [7, 11) is 0. The van der Waals surface area contributed by atoms with Crippen molar-refractivity contribution < 1.29 is 4.79 Å². The van der Waals surface area contributed by atoms with Crippen LogP contribution >= 0.6 is 23.1 Å². The molecule has 0 unspecified atom stereocenters. The molecule has 1 aromatic carbocycles. The van der Waals surface area contributed by atoms with Crippen LogP contribution in [-0.2, 0) is 11.2 Å². The number of hydrogen-bond donors (Lipinski definition) is 1. The van der Waals surface area contributed by atoms with E-state index in [1.54, 1.807) is 0 Å². The van der Waals surface area contributed by atoms with Gasteiger partial charge in [-0.2, -0.15) is 0 Å². The number of fused-ring (bicyclic) bond motifs is 3. The van der Waals surface area contributed by atoms with E-state index in [0.29, 0.717) is 17.3 Å². The lowest BCUT2D eigenvalue weighted by Crippen LogP contribution is -2.12. The molecule has 7 nitrogen and oxygen atoms in total. The molecule has 0 aliphatic carbocycles. The fourth-order valence-corrected chi connectivity index (χ4v) is 4.42. The maximum Gasteiger partial charge on any atom is 0.227 e. The molecule has 4 aromatic rings. The van der Waals surface area contributed by atoms with Crippen LogP contribution in [0, 0.1) is 6.92 Å². The second-order valence-corrected chi connectivity index (χ2v) is 8.15. The summed E-state index contributed by atoms with van der Waals surface area (Å²) in [5.41, 5.74) is 3.06. The second kappa shape index (κ2) is 7.61. The van der Waals surface area contributed by atoms with E-state index < -0.39 is 0 Å². The molecule has 0 saturated heterocycles. The summed E-state index contributed by atoms with van der Waals surface area (Å²) in [5, 5.41) is 22.8. The van der Waals surface area contributed by atoms with Crippen LogP contribution in [0.3, 0.4) is 0 Å². The summed E-state index contributed by atoms with van der Waals surface area (Å²) in [6.07, 6.45) is 1.18. The van der Waals surface area contributed by atoms with Gasteiger partial charge in [0.15, 0.2) is 10.8 Å². The normalized spacial score (nSPS) is 11.3. The zero-order chi connectivity index (χ0) is 18.8. The summed E-state index contributed by atoms with van der Waals surface area (Å²) in [6, 6.07) is 10.2. The lowest BCUT2D eigenvalue weighted by Gasteiger charge is -2.07. The number of anilines is 1. The van der Waals surface area contributed by atoms with Crippen LogP contribution in [-0.4, -0.2) is 36.5 Å². The Kier molecular flexibility index (Phi) is 5.04. The Morgan fingerprint density at radius 3 is 2.89 bits per heavy atom. The molecule has 138 valence electrons. The van der Waals surface area contributed by atoms with Crippen molar-refractivity contribution in [2.24, 2.45) is 0 Å². The summed E-state index contributed by atoms with van der Waals surface area (Å²) < 4.78 is 2.04. The van der Waals surface area contributed by atoms with Gasteiger partial charge in [0.25, 0.3) is 0 Å². The molecular weight excluding hydrogens is 380 g/mol. The smallest absolute Gasteiger partial charge is 0.227 e. The molecule has 0 fully saturated rings. The molecule has 0 radical (unpaired) electrons. The number of para-hydroxylation sites is 1. The number of benzene rings is 1. The lowest BCUT2D eigenvalue weighted by atomic mass is 10.1. The lowest BCUT2D eigenvalue weighted by molar-refractivity contribution is -0.115. The topological polar surface area (TPSA) is 85.1 Å². The number of nitrogens with zero attached hydrogens (tertiary/aromatic N) is 5. The Hall–Kier alpha value is -2.52. The molecule has 9 heteroatoms. The Balaban J connectivity index is 1.46. The van der Waals surface area contributed by atoms with Gasteiger partial charge in [-0.15, -0.1) is 20.4 Å². The summed E-state index contributed by atoms with van der Waals surface area (Å²) in [5.74, 6) is 0.532. The Morgan fingerprint density at radius 2 is 2.07 bits per heavy atom. The largest absolute Gasteiger partial charge is 0.301 e. The predicted octanol–water partition coefficient (Wildman–Crippen LogP) is 3.73. The average molecular weight is 399 g/mol. The molecule has 0 aliphatic heterocycles. The van der Waals surface area contributed by atoms with Gasteiger partial charge < -0.3 is 5.32 Å². The number of nitrogens with one attached hydrogen (secondary N) is 1. The first-order chi connectivity index (χ1) is 13.2. The molecule has 0 spiro atoms. The Morgan fingerprint density at radius 1 is 1.22 bits per heavy atom. The Bertz CT molecular complexity index is 1120. The number of rotatable bonds is 6. The van der Waals surface area contributed by atoms with Gasteiger partial charge in [0.05, 0.1) is 5.52 Å². The summed E-state index contributed by atoms with van der Waals surface area (Å²) >= 11 is 2.93. The van der Waals surface area contributed by atoms with Gasteiger partial charge >= 0.3 is 0 Å². The molecule has 3 aromatic heterocycles. The van der Waals surface area contributed by atoms with Crippen molar-refractivity contribution >= 4 is 50.7 Å². The SMILES string of the molecule is CCc1nnc(NC(=O)CCSc2nnc3cc(C)c4ccccc4n23)s1. The standard InChI is InChI=1S/C18H18N6OS2/c1-3-16-21-22-17(27-16)19-15(25)8-9-26-18-23-20-14-10-11(2)12-6-4-5-7-13(12)24(14)18/h4-7,10H,3,8-9H2,1-2H3,(H,19,22,25). The minimum Gasteiger partial charge on any atom is -0.301 e. The minimum absolute atomic E-state index is 0.0733. The van der Waals surface area contributed by atoms with E-state index >= 15 is 0 Å². The van der Waals surface area contributed by atoms with E-state index in [4.69, 9.17) is 0 Å². The fraction of sp³-hybridized carbons (Fsp3) is 0.278. The van der Waals surface area contributed by atoms with Crippen molar-refractivity contribution in [3.8, 4) is 0 Å². The third-order valence-electron chi connectivity index (χ3n) is 4.15. The maximum atomic E-state index is 12.1. The molecule has 1 amide bonds.